The van der Waals surface area contributed by atoms with Crippen LogP contribution in [0.15, 0.2) is 59.9 Å². The van der Waals surface area contributed by atoms with Crippen LogP contribution in [0.4, 0.5) is 0 Å². The van der Waals surface area contributed by atoms with Crippen molar-refractivity contribution in [3.05, 3.63) is 65.5 Å². The van der Waals surface area contributed by atoms with Crippen molar-refractivity contribution in [3.8, 4) is 6.19 Å². The second kappa shape index (κ2) is 11.1. The predicted octanol–water partition coefficient (Wildman–Crippen LogP) is 5.34. The van der Waals surface area contributed by atoms with Crippen LogP contribution in [0.1, 0.15) is 51.0 Å². The fourth-order valence-corrected chi connectivity index (χ4v) is 2.84. The van der Waals surface area contributed by atoms with E-state index >= 15 is 0 Å². The maximum Gasteiger partial charge on any atom is 0.177 e. The van der Waals surface area contributed by atoms with E-state index in [0.717, 1.165) is 29.9 Å². The van der Waals surface area contributed by atoms with Gasteiger partial charge in [-0.3, -0.25) is 0 Å². The van der Waals surface area contributed by atoms with Gasteiger partial charge in [-0.2, -0.15) is 5.26 Å². The Morgan fingerprint density at radius 3 is 2.64 bits per heavy atom. The van der Waals surface area contributed by atoms with E-state index in [2.05, 4.69) is 30.4 Å². The van der Waals surface area contributed by atoms with Gasteiger partial charge < -0.3 is 10.1 Å². The van der Waals surface area contributed by atoms with Crippen molar-refractivity contribution in [2.45, 2.75) is 51.5 Å². The van der Waals surface area contributed by atoms with Crippen molar-refractivity contribution < 1.29 is 4.74 Å². The zero-order valence-electron chi connectivity index (χ0n) is 15.1. The highest BCUT2D eigenvalue weighted by molar-refractivity contribution is 5.60. The van der Waals surface area contributed by atoms with Gasteiger partial charge in [-0.25, -0.2) is 0 Å². The van der Waals surface area contributed by atoms with Gasteiger partial charge in [0.25, 0.3) is 0 Å². The lowest BCUT2D eigenvalue weighted by atomic mass is 9.98. The van der Waals surface area contributed by atoms with Gasteiger partial charge in [0.1, 0.15) is 5.76 Å². The van der Waals surface area contributed by atoms with E-state index in [0.29, 0.717) is 0 Å². The number of nitrogens with one attached hydrogen (secondary N) is 1. The van der Waals surface area contributed by atoms with Gasteiger partial charge in [0.05, 0.1) is 12.6 Å². The van der Waals surface area contributed by atoms with Crippen LogP contribution in [0.5, 0.6) is 0 Å². The predicted molar refractivity (Wildman–Crippen MR) is 104 cm³/mol. The summed E-state index contributed by atoms with van der Waals surface area (Å²) in [6, 6.07) is 10.0. The summed E-state index contributed by atoms with van der Waals surface area (Å²) in [4.78, 5) is 0. The van der Waals surface area contributed by atoms with Gasteiger partial charge >= 0.3 is 0 Å². The lowest BCUT2D eigenvalue weighted by Crippen LogP contribution is -2.25. The Morgan fingerprint density at radius 1 is 1.12 bits per heavy atom. The third kappa shape index (κ3) is 6.89. The molecule has 0 amide bonds. The molecule has 25 heavy (non-hydrogen) atoms. The summed E-state index contributed by atoms with van der Waals surface area (Å²) in [5.41, 5.74) is 2.15. The monoisotopic (exact) mass is 336 g/mol. The molecular formula is C22H28N2O. The van der Waals surface area contributed by atoms with Crippen molar-refractivity contribution in [1.82, 2.24) is 5.32 Å². The number of hydrogen-bond acceptors (Lipinski definition) is 3. The Morgan fingerprint density at radius 2 is 1.88 bits per heavy atom. The molecule has 132 valence electrons. The van der Waals surface area contributed by atoms with Crippen LogP contribution in [0, 0.1) is 11.5 Å². The summed E-state index contributed by atoms with van der Waals surface area (Å²) in [5.74, 6) is 0.867. The summed E-state index contributed by atoms with van der Waals surface area (Å²) in [7, 11) is 0. The summed E-state index contributed by atoms with van der Waals surface area (Å²) in [6.07, 6.45) is 17.6. The van der Waals surface area contributed by atoms with Crippen molar-refractivity contribution >= 4 is 6.08 Å². The van der Waals surface area contributed by atoms with E-state index in [1.54, 1.807) is 0 Å². The second-order valence-corrected chi connectivity index (χ2v) is 6.31. The highest BCUT2D eigenvalue weighted by Gasteiger charge is 2.14. The third-order valence-electron chi connectivity index (χ3n) is 4.24. The molecule has 0 fully saturated rings. The van der Waals surface area contributed by atoms with E-state index in [9.17, 15) is 0 Å². The molecule has 0 aromatic heterocycles. The minimum Gasteiger partial charge on any atom is -0.494 e. The first-order valence-corrected chi connectivity index (χ1v) is 9.27. The molecule has 1 atom stereocenters. The molecule has 2 rings (SSSR count). The van der Waals surface area contributed by atoms with Crippen LogP contribution in [0.3, 0.4) is 0 Å². The normalized spacial score (nSPS) is 17.8. The quantitative estimate of drug-likeness (QED) is 0.356. The summed E-state index contributed by atoms with van der Waals surface area (Å²) in [5, 5.41) is 11.8. The van der Waals surface area contributed by atoms with Crippen molar-refractivity contribution in [2.24, 2.45) is 0 Å². The third-order valence-corrected chi connectivity index (χ3v) is 4.24. The Kier molecular flexibility index (Phi) is 8.41. The number of ether oxygens (including phenoxy) is 1. The molecule has 3 nitrogen and oxygen atoms in total. The molecule has 0 heterocycles. The van der Waals surface area contributed by atoms with Gasteiger partial charge in [0.15, 0.2) is 6.19 Å². The van der Waals surface area contributed by atoms with E-state index < -0.39 is 0 Å². The zero-order valence-corrected chi connectivity index (χ0v) is 15.1. The molecule has 0 bridgehead atoms. The minimum atomic E-state index is -0.105. The number of benzene rings is 1. The Labute approximate surface area is 151 Å². The standard InChI is InChI=1S/C22H28N2O/c1-2-3-4-5-6-10-15-25-21-13-14-22(24-18-23)20(17-21)16-19-11-8-7-9-12-19/h7-9,11-14,16-17,22,24H,2-6,10,15H2,1H3. The maximum atomic E-state index is 8.96. The van der Waals surface area contributed by atoms with Crippen LogP contribution < -0.4 is 5.32 Å². The first-order chi connectivity index (χ1) is 12.3. The molecule has 3 heteroatoms. The van der Waals surface area contributed by atoms with Crippen LogP contribution in [-0.2, 0) is 4.74 Å². The number of nitrogens with zero attached hydrogens (tertiary/aromatic N) is 1. The zero-order chi connectivity index (χ0) is 17.7. The smallest absolute Gasteiger partial charge is 0.177 e. The van der Waals surface area contributed by atoms with Crippen LogP contribution >= 0.6 is 0 Å². The summed E-state index contributed by atoms with van der Waals surface area (Å²) in [6.45, 7) is 2.98. The van der Waals surface area contributed by atoms with Gasteiger partial charge in [-0.05, 0) is 35.8 Å². The molecule has 1 aliphatic carbocycles. The fraction of sp³-hybridized carbons (Fsp3) is 0.409. The first-order valence-electron chi connectivity index (χ1n) is 9.27. The lowest BCUT2D eigenvalue weighted by Gasteiger charge is -2.19. The summed E-state index contributed by atoms with van der Waals surface area (Å²) >= 11 is 0. The number of unbranched alkanes of at least 4 members (excludes halogenated alkanes) is 5. The molecular weight excluding hydrogens is 308 g/mol. The second-order valence-electron chi connectivity index (χ2n) is 6.31. The van der Waals surface area contributed by atoms with E-state index in [1.165, 1.54) is 32.1 Å². The highest BCUT2D eigenvalue weighted by atomic mass is 16.5. The molecule has 0 saturated carbocycles. The van der Waals surface area contributed by atoms with E-state index in [4.69, 9.17) is 10.00 Å². The van der Waals surface area contributed by atoms with E-state index in [-0.39, 0.29) is 6.04 Å². The molecule has 1 aromatic carbocycles. The van der Waals surface area contributed by atoms with Crippen molar-refractivity contribution in [2.75, 3.05) is 6.61 Å². The maximum absolute atomic E-state index is 8.96. The molecule has 0 aliphatic heterocycles. The molecule has 0 radical (unpaired) electrons. The van der Waals surface area contributed by atoms with Crippen molar-refractivity contribution in [3.63, 3.8) is 0 Å². The fourth-order valence-electron chi connectivity index (χ4n) is 2.84. The van der Waals surface area contributed by atoms with Crippen LogP contribution in [-0.4, -0.2) is 12.6 Å². The Hall–Kier alpha value is -2.47. The average Bonchev–Trinajstić information content (AvgIpc) is 2.64. The van der Waals surface area contributed by atoms with Crippen LogP contribution in [0.2, 0.25) is 0 Å². The number of hydrogen-bond donors (Lipinski definition) is 1. The summed E-state index contributed by atoms with van der Waals surface area (Å²) < 4.78 is 5.91. The number of allylic oxidation sites excluding steroid dienone is 1. The van der Waals surface area contributed by atoms with Crippen molar-refractivity contribution in [1.29, 1.82) is 5.26 Å². The SMILES string of the molecule is CCCCCCCCOC1=CC(=Cc2ccccc2)C(NC#N)C=C1. The number of nitriles is 1. The van der Waals surface area contributed by atoms with Gasteiger partial charge in [0, 0.05) is 0 Å². The van der Waals surface area contributed by atoms with E-state index in [1.807, 2.05) is 42.6 Å². The van der Waals surface area contributed by atoms with Gasteiger partial charge in [0.2, 0.25) is 0 Å². The highest BCUT2D eigenvalue weighted by Crippen LogP contribution is 2.21. The number of rotatable bonds is 10. The topological polar surface area (TPSA) is 45.0 Å². The minimum absolute atomic E-state index is 0.105. The molecule has 1 aliphatic rings. The first kappa shape index (κ1) is 18.9. The molecule has 1 unspecified atom stereocenters. The molecule has 1 N–H and O–H groups in total. The molecule has 0 spiro atoms. The largest absolute Gasteiger partial charge is 0.494 e. The van der Waals surface area contributed by atoms with Gasteiger partial charge in [-0.15, -0.1) is 0 Å². The Bertz CT molecular complexity index is 638. The molecule has 1 aromatic rings. The molecule has 0 saturated heterocycles. The van der Waals surface area contributed by atoms with Gasteiger partial charge in [-0.1, -0.05) is 75.4 Å². The Balaban J connectivity index is 1.91. The van der Waals surface area contributed by atoms with Crippen LogP contribution in [0.25, 0.3) is 6.08 Å². The average molecular weight is 336 g/mol. The lowest BCUT2D eigenvalue weighted by molar-refractivity contribution is 0.215.